The van der Waals surface area contributed by atoms with Crippen LogP contribution in [0.3, 0.4) is 0 Å². The van der Waals surface area contributed by atoms with E-state index >= 15 is 0 Å². The standard InChI is InChI=1S/C9H20O4/c1-9(2,7-12)8(3-4-10)13-6-5-11/h8,10-12H,3-7H2,1-2H3. The van der Waals surface area contributed by atoms with Gasteiger partial charge in [0.15, 0.2) is 0 Å². The van der Waals surface area contributed by atoms with Crippen LogP contribution in [-0.4, -0.2) is 47.9 Å². The molecule has 0 saturated heterocycles. The van der Waals surface area contributed by atoms with E-state index in [1.54, 1.807) is 0 Å². The van der Waals surface area contributed by atoms with Gasteiger partial charge in [0.25, 0.3) is 0 Å². The minimum absolute atomic E-state index is 0.00307. The lowest BCUT2D eigenvalue weighted by Crippen LogP contribution is -2.36. The molecule has 0 fully saturated rings. The van der Waals surface area contributed by atoms with Gasteiger partial charge in [-0.25, -0.2) is 0 Å². The topological polar surface area (TPSA) is 69.9 Å². The molecule has 0 saturated carbocycles. The maximum Gasteiger partial charge on any atom is 0.0701 e. The van der Waals surface area contributed by atoms with Crippen molar-refractivity contribution in [1.82, 2.24) is 0 Å². The molecule has 0 heterocycles. The lowest BCUT2D eigenvalue weighted by molar-refractivity contribution is -0.0678. The minimum atomic E-state index is -0.377. The highest BCUT2D eigenvalue weighted by Gasteiger charge is 2.28. The van der Waals surface area contributed by atoms with Crippen LogP contribution in [0.1, 0.15) is 20.3 Å². The summed E-state index contributed by atoms with van der Waals surface area (Å²) in [6.45, 7) is 3.97. The molecule has 0 aliphatic rings. The molecule has 13 heavy (non-hydrogen) atoms. The van der Waals surface area contributed by atoms with Crippen LogP contribution < -0.4 is 0 Å². The van der Waals surface area contributed by atoms with E-state index in [0.29, 0.717) is 6.42 Å². The Labute approximate surface area is 79.2 Å². The molecular weight excluding hydrogens is 172 g/mol. The molecular formula is C9H20O4. The van der Waals surface area contributed by atoms with Gasteiger partial charge in [-0.3, -0.25) is 0 Å². The zero-order valence-corrected chi connectivity index (χ0v) is 8.36. The van der Waals surface area contributed by atoms with Crippen LogP contribution in [0.5, 0.6) is 0 Å². The van der Waals surface area contributed by atoms with Gasteiger partial charge in [0.2, 0.25) is 0 Å². The van der Waals surface area contributed by atoms with Gasteiger partial charge in [-0.1, -0.05) is 13.8 Å². The van der Waals surface area contributed by atoms with Crippen molar-refractivity contribution in [3.8, 4) is 0 Å². The van der Waals surface area contributed by atoms with Crippen LogP contribution in [0.15, 0.2) is 0 Å². The lowest BCUT2D eigenvalue weighted by Gasteiger charge is -2.32. The summed E-state index contributed by atoms with van der Waals surface area (Å²) < 4.78 is 5.32. The first-order valence-electron chi connectivity index (χ1n) is 4.52. The molecule has 0 rings (SSSR count). The molecule has 0 bridgehead atoms. The van der Waals surface area contributed by atoms with Gasteiger partial charge in [0, 0.05) is 12.0 Å². The molecule has 3 N–H and O–H groups in total. The van der Waals surface area contributed by atoms with E-state index in [0.717, 1.165) is 0 Å². The summed E-state index contributed by atoms with van der Waals surface area (Å²) in [6, 6.07) is 0. The Hall–Kier alpha value is -0.160. The average Bonchev–Trinajstić information content (AvgIpc) is 2.12. The number of aliphatic hydroxyl groups is 3. The zero-order valence-electron chi connectivity index (χ0n) is 8.36. The first-order chi connectivity index (χ1) is 6.08. The monoisotopic (exact) mass is 192 g/mol. The number of ether oxygens (including phenoxy) is 1. The van der Waals surface area contributed by atoms with E-state index in [9.17, 15) is 0 Å². The summed E-state index contributed by atoms with van der Waals surface area (Å²) in [4.78, 5) is 0. The largest absolute Gasteiger partial charge is 0.396 e. The first kappa shape index (κ1) is 12.8. The molecule has 0 aromatic rings. The predicted molar refractivity (Wildman–Crippen MR) is 49.4 cm³/mol. The Kier molecular flexibility index (Phi) is 6.24. The van der Waals surface area contributed by atoms with Gasteiger partial charge >= 0.3 is 0 Å². The third kappa shape index (κ3) is 4.57. The second-order valence-electron chi connectivity index (χ2n) is 3.74. The first-order valence-corrected chi connectivity index (χ1v) is 4.52. The number of aliphatic hydroxyl groups excluding tert-OH is 3. The molecule has 4 nitrogen and oxygen atoms in total. The second-order valence-corrected chi connectivity index (χ2v) is 3.74. The Morgan fingerprint density at radius 1 is 1.15 bits per heavy atom. The smallest absolute Gasteiger partial charge is 0.0701 e. The van der Waals surface area contributed by atoms with Crippen molar-refractivity contribution in [2.45, 2.75) is 26.4 Å². The zero-order chi connectivity index (χ0) is 10.3. The fourth-order valence-electron chi connectivity index (χ4n) is 1.11. The van der Waals surface area contributed by atoms with Crippen molar-refractivity contribution in [1.29, 1.82) is 0 Å². The van der Waals surface area contributed by atoms with E-state index in [2.05, 4.69) is 0 Å². The van der Waals surface area contributed by atoms with Crippen molar-refractivity contribution < 1.29 is 20.1 Å². The minimum Gasteiger partial charge on any atom is -0.396 e. The van der Waals surface area contributed by atoms with Crippen molar-refractivity contribution in [3.63, 3.8) is 0 Å². The van der Waals surface area contributed by atoms with Crippen LogP contribution in [0, 0.1) is 5.41 Å². The molecule has 0 aliphatic carbocycles. The van der Waals surface area contributed by atoms with E-state index in [1.165, 1.54) is 0 Å². The SMILES string of the molecule is CC(C)(CO)C(CCO)OCCO. The number of rotatable bonds is 7. The molecule has 0 radical (unpaired) electrons. The normalized spacial score (nSPS) is 14.5. The van der Waals surface area contributed by atoms with Crippen molar-refractivity contribution in [2.75, 3.05) is 26.4 Å². The maximum atomic E-state index is 9.07. The van der Waals surface area contributed by atoms with Crippen molar-refractivity contribution >= 4 is 0 Å². The molecule has 0 spiro atoms. The summed E-state index contributed by atoms with van der Waals surface area (Å²) in [6.07, 6.45) is 0.266. The van der Waals surface area contributed by atoms with Crippen LogP contribution in [-0.2, 0) is 4.74 Å². The van der Waals surface area contributed by atoms with Gasteiger partial charge in [0.05, 0.1) is 25.9 Å². The molecule has 0 aromatic heterocycles. The Morgan fingerprint density at radius 2 is 1.77 bits per heavy atom. The Bertz CT molecular complexity index is 125. The van der Waals surface area contributed by atoms with Crippen molar-refractivity contribution in [2.24, 2.45) is 5.41 Å². The van der Waals surface area contributed by atoms with Crippen molar-refractivity contribution in [3.05, 3.63) is 0 Å². The molecule has 1 atom stereocenters. The number of hydrogen-bond donors (Lipinski definition) is 3. The maximum absolute atomic E-state index is 9.07. The van der Waals surface area contributed by atoms with Gasteiger partial charge < -0.3 is 20.1 Å². The molecule has 0 aromatic carbocycles. The predicted octanol–water partition coefficient (Wildman–Crippen LogP) is -0.235. The van der Waals surface area contributed by atoms with Crippen LogP contribution >= 0.6 is 0 Å². The molecule has 0 amide bonds. The van der Waals surface area contributed by atoms with Gasteiger partial charge in [-0.05, 0) is 6.42 Å². The summed E-state index contributed by atoms with van der Waals surface area (Å²) in [7, 11) is 0. The molecule has 80 valence electrons. The summed E-state index contributed by atoms with van der Waals surface area (Å²) >= 11 is 0. The van der Waals surface area contributed by atoms with Gasteiger partial charge in [-0.15, -0.1) is 0 Å². The fourth-order valence-corrected chi connectivity index (χ4v) is 1.11. The Balaban J connectivity index is 4.05. The third-order valence-corrected chi connectivity index (χ3v) is 2.08. The van der Waals surface area contributed by atoms with E-state index < -0.39 is 0 Å². The molecule has 1 unspecified atom stereocenters. The quantitative estimate of drug-likeness (QED) is 0.521. The van der Waals surface area contributed by atoms with E-state index in [-0.39, 0.29) is 37.9 Å². The fraction of sp³-hybridized carbons (Fsp3) is 1.00. The van der Waals surface area contributed by atoms with E-state index in [1.807, 2.05) is 13.8 Å². The van der Waals surface area contributed by atoms with Gasteiger partial charge in [-0.2, -0.15) is 0 Å². The third-order valence-electron chi connectivity index (χ3n) is 2.08. The summed E-state index contributed by atoms with van der Waals surface area (Å²) in [5, 5.41) is 26.4. The molecule has 4 heteroatoms. The van der Waals surface area contributed by atoms with Crippen LogP contribution in [0.25, 0.3) is 0 Å². The average molecular weight is 192 g/mol. The van der Waals surface area contributed by atoms with E-state index in [4.69, 9.17) is 20.1 Å². The van der Waals surface area contributed by atoms with Crippen LogP contribution in [0.4, 0.5) is 0 Å². The van der Waals surface area contributed by atoms with Crippen LogP contribution in [0.2, 0.25) is 0 Å². The summed E-state index contributed by atoms with van der Waals surface area (Å²) in [5.74, 6) is 0. The highest BCUT2D eigenvalue weighted by atomic mass is 16.5. The highest BCUT2D eigenvalue weighted by molar-refractivity contribution is 4.78. The highest BCUT2D eigenvalue weighted by Crippen LogP contribution is 2.24. The Morgan fingerprint density at radius 3 is 2.15 bits per heavy atom. The lowest BCUT2D eigenvalue weighted by atomic mass is 9.86. The number of hydrogen-bond acceptors (Lipinski definition) is 4. The second kappa shape index (κ2) is 6.32. The summed E-state index contributed by atoms with van der Waals surface area (Å²) in [5.41, 5.74) is -0.377. The van der Waals surface area contributed by atoms with Gasteiger partial charge in [0.1, 0.15) is 0 Å². The molecule has 0 aliphatic heterocycles.